The van der Waals surface area contributed by atoms with Crippen molar-refractivity contribution >= 4 is 5.97 Å². The molecule has 6 nitrogen and oxygen atoms in total. The van der Waals surface area contributed by atoms with Crippen LogP contribution in [-0.2, 0) is 9.53 Å². The third-order valence-electron chi connectivity index (χ3n) is 1.79. The number of hydrogen-bond donors (Lipinski definition) is 0. The second-order valence-corrected chi connectivity index (χ2v) is 2.84. The van der Waals surface area contributed by atoms with E-state index in [1.165, 1.54) is 12.3 Å². The molecule has 0 aliphatic rings. The van der Waals surface area contributed by atoms with Gasteiger partial charge in [0.25, 0.3) is 0 Å². The molecule has 0 saturated carbocycles. The highest BCUT2D eigenvalue weighted by molar-refractivity contribution is 5.77. The Morgan fingerprint density at radius 3 is 2.93 bits per heavy atom. The van der Waals surface area contributed by atoms with E-state index in [-0.39, 0.29) is 12.4 Å². The number of carbonyl (C=O) groups is 1. The molecule has 0 spiro atoms. The summed E-state index contributed by atoms with van der Waals surface area (Å²) in [5.74, 6) is -1.34. The third-order valence-corrected chi connectivity index (χ3v) is 1.79. The first kappa shape index (κ1) is 11.2. The third kappa shape index (κ3) is 3.08. The van der Waals surface area contributed by atoms with Gasteiger partial charge in [-0.05, 0) is 19.1 Å². The summed E-state index contributed by atoms with van der Waals surface area (Å²) in [5.41, 5.74) is 0. The molecule has 0 aromatic carbocycles. The van der Waals surface area contributed by atoms with Crippen LogP contribution in [0.25, 0.3) is 0 Å². The molecule has 1 unspecified atom stereocenters. The van der Waals surface area contributed by atoms with E-state index in [1.54, 1.807) is 13.0 Å². The number of rotatable bonds is 5. The smallest absolute Gasteiger partial charge is 0.323 e. The number of nitrogens with zero attached hydrogens (tertiary/aromatic N) is 1. The summed E-state index contributed by atoms with van der Waals surface area (Å²) in [6.45, 7) is 1.31. The van der Waals surface area contributed by atoms with Gasteiger partial charge < -0.3 is 9.15 Å². The molecule has 0 radical (unpaired) electrons. The molecule has 0 aliphatic carbocycles. The van der Waals surface area contributed by atoms with Crippen molar-refractivity contribution in [3.63, 3.8) is 0 Å². The maximum absolute atomic E-state index is 11.4. The molecule has 0 aliphatic heterocycles. The lowest BCUT2D eigenvalue weighted by atomic mass is 10.1. The summed E-state index contributed by atoms with van der Waals surface area (Å²) in [7, 11) is 0. The Morgan fingerprint density at radius 1 is 1.73 bits per heavy atom. The van der Waals surface area contributed by atoms with E-state index in [2.05, 4.69) is 0 Å². The van der Waals surface area contributed by atoms with Crippen LogP contribution >= 0.6 is 0 Å². The van der Waals surface area contributed by atoms with Crippen molar-refractivity contribution in [3.05, 3.63) is 34.3 Å². The lowest BCUT2D eigenvalue weighted by Gasteiger charge is -2.08. The molecular weight excluding hydrogens is 202 g/mol. The minimum atomic E-state index is -0.963. The highest BCUT2D eigenvalue weighted by Crippen LogP contribution is 2.18. The SMILES string of the molecule is CCOC(=O)C(C[N+](=O)[O-])c1ccco1. The van der Waals surface area contributed by atoms with Gasteiger partial charge in [-0.15, -0.1) is 0 Å². The van der Waals surface area contributed by atoms with Crippen LogP contribution in [0.15, 0.2) is 22.8 Å². The minimum Gasteiger partial charge on any atom is -0.468 e. The predicted octanol–water partition coefficient (Wildman–Crippen LogP) is 1.20. The Morgan fingerprint density at radius 2 is 2.47 bits per heavy atom. The maximum atomic E-state index is 11.4. The number of furan rings is 1. The number of hydrogen-bond acceptors (Lipinski definition) is 5. The van der Waals surface area contributed by atoms with Gasteiger partial charge in [0.1, 0.15) is 5.76 Å². The lowest BCUT2D eigenvalue weighted by molar-refractivity contribution is -0.482. The fourth-order valence-electron chi connectivity index (χ4n) is 1.16. The van der Waals surface area contributed by atoms with Crippen molar-refractivity contribution in [1.29, 1.82) is 0 Å². The van der Waals surface area contributed by atoms with Crippen LogP contribution in [-0.4, -0.2) is 24.0 Å². The van der Waals surface area contributed by atoms with E-state index < -0.39 is 23.4 Å². The molecular formula is C9H11NO5. The fourth-order valence-corrected chi connectivity index (χ4v) is 1.16. The van der Waals surface area contributed by atoms with E-state index in [0.29, 0.717) is 0 Å². The van der Waals surface area contributed by atoms with Crippen LogP contribution in [0.2, 0.25) is 0 Å². The molecule has 0 saturated heterocycles. The van der Waals surface area contributed by atoms with Gasteiger partial charge >= 0.3 is 5.97 Å². The van der Waals surface area contributed by atoms with Gasteiger partial charge in [-0.2, -0.15) is 0 Å². The standard InChI is InChI=1S/C9H11NO5/c1-2-14-9(11)7(6-10(12)13)8-4-3-5-15-8/h3-5,7H,2,6H2,1H3. The topological polar surface area (TPSA) is 82.6 Å². The summed E-state index contributed by atoms with van der Waals surface area (Å²) in [5, 5.41) is 10.4. The van der Waals surface area contributed by atoms with Gasteiger partial charge in [0.2, 0.25) is 6.54 Å². The summed E-state index contributed by atoms with van der Waals surface area (Å²) < 4.78 is 9.68. The number of nitro groups is 1. The van der Waals surface area contributed by atoms with Gasteiger partial charge in [-0.25, -0.2) is 0 Å². The van der Waals surface area contributed by atoms with E-state index in [1.807, 2.05) is 0 Å². The second kappa shape index (κ2) is 5.14. The molecule has 1 atom stereocenters. The van der Waals surface area contributed by atoms with E-state index in [9.17, 15) is 14.9 Å². The molecule has 0 bridgehead atoms. The first-order chi connectivity index (χ1) is 7.15. The lowest BCUT2D eigenvalue weighted by Crippen LogP contribution is -2.23. The normalized spacial score (nSPS) is 12.1. The van der Waals surface area contributed by atoms with Crippen LogP contribution in [0, 0.1) is 10.1 Å². The van der Waals surface area contributed by atoms with E-state index in [0.717, 1.165) is 0 Å². The fraction of sp³-hybridized carbons (Fsp3) is 0.444. The van der Waals surface area contributed by atoms with Gasteiger partial charge in [0.15, 0.2) is 5.92 Å². The van der Waals surface area contributed by atoms with Crippen molar-refractivity contribution in [2.75, 3.05) is 13.2 Å². The largest absolute Gasteiger partial charge is 0.468 e. The molecule has 15 heavy (non-hydrogen) atoms. The first-order valence-corrected chi connectivity index (χ1v) is 4.47. The number of ether oxygens (including phenoxy) is 1. The van der Waals surface area contributed by atoms with Crippen LogP contribution in [0.4, 0.5) is 0 Å². The van der Waals surface area contributed by atoms with Crippen molar-refractivity contribution in [3.8, 4) is 0 Å². The van der Waals surface area contributed by atoms with E-state index in [4.69, 9.17) is 9.15 Å². The Hall–Kier alpha value is -1.85. The average Bonchev–Trinajstić information content (AvgIpc) is 2.66. The highest BCUT2D eigenvalue weighted by Gasteiger charge is 2.29. The number of esters is 1. The summed E-state index contributed by atoms with van der Waals surface area (Å²) >= 11 is 0. The predicted molar refractivity (Wildman–Crippen MR) is 49.9 cm³/mol. The molecule has 1 rings (SSSR count). The minimum absolute atomic E-state index is 0.188. The van der Waals surface area contributed by atoms with Crippen LogP contribution in [0.5, 0.6) is 0 Å². The Kier molecular flexibility index (Phi) is 3.84. The maximum Gasteiger partial charge on any atom is 0.323 e. The number of carbonyl (C=O) groups excluding carboxylic acids is 1. The Balaban J connectivity index is 2.78. The molecule has 1 aromatic rings. The van der Waals surface area contributed by atoms with Gasteiger partial charge in [0.05, 0.1) is 12.9 Å². The van der Waals surface area contributed by atoms with Crippen molar-refractivity contribution in [1.82, 2.24) is 0 Å². The molecule has 1 heterocycles. The zero-order chi connectivity index (χ0) is 11.3. The summed E-state index contributed by atoms with van der Waals surface area (Å²) in [4.78, 5) is 21.2. The zero-order valence-corrected chi connectivity index (χ0v) is 8.21. The molecule has 1 aromatic heterocycles. The average molecular weight is 213 g/mol. The Bertz CT molecular complexity index is 332. The highest BCUT2D eigenvalue weighted by atomic mass is 16.6. The molecule has 0 fully saturated rings. The van der Waals surface area contributed by atoms with Gasteiger partial charge in [-0.3, -0.25) is 14.9 Å². The zero-order valence-electron chi connectivity index (χ0n) is 8.21. The van der Waals surface area contributed by atoms with Crippen molar-refractivity contribution in [2.45, 2.75) is 12.8 Å². The molecule has 6 heteroatoms. The van der Waals surface area contributed by atoms with Crippen molar-refractivity contribution < 1.29 is 18.9 Å². The molecule has 0 N–H and O–H groups in total. The van der Waals surface area contributed by atoms with E-state index >= 15 is 0 Å². The van der Waals surface area contributed by atoms with Gasteiger partial charge in [-0.1, -0.05) is 0 Å². The summed E-state index contributed by atoms with van der Waals surface area (Å²) in [6, 6.07) is 3.09. The monoisotopic (exact) mass is 213 g/mol. The second-order valence-electron chi connectivity index (χ2n) is 2.84. The first-order valence-electron chi connectivity index (χ1n) is 4.47. The van der Waals surface area contributed by atoms with Crippen LogP contribution in [0.3, 0.4) is 0 Å². The quantitative estimate of drug-likeness (QED) is 0.417. The van der Waals surface area contributed by atoms with Gasteiger partial charge in [0, 0.05) is 4.92 Å². The summed E-state index contributed by atoms with van der Waals surface area (Å²) in [6.07, 6.45) is 1.36. The Labute approximate surface area is 86.0 Å². The van der Waals surface area contributed by atoms with Crippen LogP contribution in [0.1, 0.15) is 18.6 Å². The molecule has 0 amide bonds. The molecule has 82 valence electrons. The van der Waals surface area contributed by atoms with Crippen molar-refractivity contribution in [2.24, 2.45) is 0 Å². The van der Waals surface area contributed by atoms with Crippen LogP contribution < -0.4 is 0 Å².